The van der Waals surface area contributed by atoms with E-state index in [9.17, 15) is 9.18 Å². The van der Waals surface area contributed by atoms with E-state index in [-0.39, 0.29) is 11.3 Å². The lowest BCUT2D eigenvalue weighted by molar-refractivity contribution is 0.102. The van der Waals surface area contributed by atoms with E-state index in [4.69, 9.17) is 5.73 Å². The summed E-state index contributed by atoms with van der Waals surface area (Å²) in [4.78, 5) is 19.4. The predicted octanol–water partition coefficient (Wildman–Crippen LogP) is 1.45. The second-order valence-corrected chi connectivity index (χ2v) is 3.32. The molecule has 17 heavy (non-hydrogen) atoms. The Balaban J connectivity index is 2.20. The van der Waals surface area contributed by atoms with Gasteiger partial charge in [0.25, 0.3) is 5.91 Å². The van der Waals surface area contributed by atoms with Crippen LogP contribution in [0.2, 0.25) is 0 Å². The number of halogens is 1. The Morgan fingerprint density at radius 2 is 2.12 bits per heavy atom. The molecule has 0 atom stereocenters. The van der Waals surface area contributed by atoms with E-state index in [0.29, 0.717) is 5.82 Å². The van der Waals surface area contributed by atoms with Crippen LogP contribution in [0.1, 0.15) is 10.4 Å². The largest absolute Gasteiger partial charge is 0.399 e. The van der Waals surface area contributed by atoms with Gasteiger partial charge in [0, 0.05) is 23.6 Å². The average Bonchev–Trinajstić information content (AvgIpc) is 2.29. The van der Waals surface area contributed by atoms with Crippen LogP contribution in [0.5, 0.6) is 0 Å². The number of hydrogen-bond acceptors (Lipinski definition) is 4. The van der Waals surface area contributed by atoms with Crippen LogP contribution in [0.4, 0.5) is 15.9 Å². The van der Waals surface area contributed by atoms with Gasteiger partial charge in [-0.2, -0.15) is 0 Å². The number of carbonyl (C=O) groups is 1. The molecule has 6 heteroatoms. The Labute approximate surface area is 96.5 Å². The summed E-state index contributed by atoms with van der Waals surface area (Å²) in [6.45, 7) is 0. The third kappa shape index (κ3) is 2.75. The molecule has 0 unspecified atom stereocenters. The van der Waals surface area contributed by atoms with Crippen LogP contribution in [-0.4, -0.2) is 15.9 Å². The van der Waals surface area contributed by atoms with Crippen LogP contribution in [0.25, 0.3) is 0 Å². The predicted molar refractivity (Wildman–Crippen MR) is 60.8 cm³/mol. The van der Waals surface area contributed by atoms with Crippen LogP contribution in [0, 0.1) is 5.82 Å². The van der Waals surface area contributed by atoms with Gasteiger partial charge in [0.15, 0.2) is 5.82 Å². The first kappa shape index (κ1) is 11.0. The van der Waals surface area contributed by atoms with E-state index in [0.717, 1.165) is 12.1 Å². The SMILES string of the molecule is Nc1cc(F)cc(C(=O)Nc2cnccn2)c1. The minimum atomic E-state index is -0.561. The fourth-order valence-corrected chi connectivity index (χ4v) is 1.30. The highest BCUT2D eigenvalue weighted by Crippen LogP contribution is 2.12. The molecule has 0 aliphatic carbocycles. The number of anilines is 2. The number of amides is 1. The van der Waals surface area contributed by atoms with E-state index in [1.54, 1.807) is 0 Å². The number of carbonyl (C=O) groups excluding carboxylic acids is 1. The standard InChI is InChI=1S/C11H9FN4O/c12-8-3-7(4-9(13)5-8)11(17)16-10-6-14-1-2-15-10/h1-6H,13H2,(H,15,16,17). The molecule has 0 spiro atoms. The number of hydrogen-bond donors (Lipinski definition) is 2. The van der Waals surface area contributed by atoms with Gasteiger partial charge in [0.2, 0.25) is 0 Å². The Kier molecular flexibility index (Phi) is 2.95. The van der Waals surface area contributed by atoms with Crippen LogP contribution in [0.15, 0.2) is 36.8 Å². The number of nitrogen functional groups attached to an aromatic ring is 1. The number of nitrogens with one attached hydrogen (secondary N) is 1. The van der Waals surface area contributed by atoms with Crippen LogP contribution in [-0.2, 0) is 0 Å². The maximum atomic E-state index is 13.0. The van der Waals surface area contributed by atoms with Crippen molar-refractivity contribution in [1.82, 2.24) is 9.97 Å². The lowest BCUT2D eigenvalue weighted by Gasteiger charge is -2.04. The summed E-state index contributed by atoms with van der Waals surface area (Å²) in [5, 5.41) is 2.48. The van der Waals surface area contributed by atoms with Crippen molar-refractivity contribution in [3.05, 3.63) is 48.2 Å². The zero-order valence-corrected chi connectivity index (χ0v) is 8.72. The second-order valence-electron chi connectivity index (χ2n) is 3.32. The Bertz CT molecular complexity index is 524. The number of nitrogens with zero attached hydrogens (tertiary/aromatic N) is 2. The smallest absolute Gasteiger partial charge is 0.257 e. The molecule has 2 rings (SSSR count). The summed E-state index contributed by atoms with van der Waals surface area (Å²) in [5.74, 6) is -0.758. The van der Waals surface area contributed by atoms with Gasteiger partial charge in [-0.25, -0.2) is 9.37 Å². The summed E-state index contributed by atoms with van der Waals surface area (Å²) < 4.78 is 13.0. The molecule has 2 aromatic rings. The molecular weight excluding hydrogens is 223 g/mol. The van der Waals surface area contributed by atoms with Crippen molar-refractivity contribution in [3.8, 4) is 0 Å². The molecular formula is C11H9FN4O. The zero-order chi connectivity index (χ0) is 12.3. The highest BCUT2D eigenvalue weighted by atomic mass is 19.1. The molecule has 0 saturated carbocycles. The normalized spacial score (nSPS) is 9.94. The number of rotatable bonds is 2. The highest BCUT2D eigenvalue weighted by molar-refractivity contribution is 6.04. The van der Waals surface area contributed by atoms with Crippen LogP contribution < -0.4 is 11.1 Å². The lowest BCUT2D eigenvalue weighted by Crippen LogP contribution is -2.13. The van der Waals surface area contributed by atoms with Crippen LogP contribution in [0.3, 0.4) is 0 Å². The monoisotopic (exact) mass is 232 g/mol. The van der Waals surface area contributed by atoms with Gasteiger partial charge in [0.05, 0.1) is 6.20 Å². The van der Waals surface area contributed by atoms with E-state index >= 15 is 0 Å². The maximum Gasteiger partial charge on any atom is 0.257 e. The topological polar surface area (TPSA) is 80.9 Å². The van der Waals surface area contributed by atoms with E-state index < -0.39 is 11.7 Å². The highest BCUT2D eigenvalue weighted by Gasteiger charge is 2.08. The molecule has 0 bridgehead atoms. The molecule has 86 valence electrons. The molecule has 1 aromatic carbocycles. The van der Waals surface area contributed by atoms with Crippen molar-refractivity contribution in [3.63, 3.8) is 0 Å². The fraction of sp³-hybridized carbons (Fsp3) is 0. The zero-order valence-electron chi connectivity index (χ0n) is 8.72. The summed E-state index contributed by atoms with van der Waals surface area (Å²) >= 11 is 0. The minimum Gasteiger partial charge on any atom is -0.399 e. The van der Waals surface area contributed by atoms with Gasteiger partial charge in [-0.05, 0) is 18.2 Å². The third-order valence-electron chi connectivity index (χ3n) is 1.99. The molecule has 1 aromatic heterocycles. The van der Waals surface area contributed by atoms with Crippen molar-refractivity contribution >= 4 is 17.4 Å². The van der Waals surface area contributed by atoms with E-state index in [1.807, 2.05) is 0 Å². The van der Waals surface area contributed by atoms with Gasteiger partial charge >= 0.3 is 0 Å². The number of benzene rings is 1. The molecule has 0 aliphatic heterocycles. The van der Waals surface area contributed by atoms with Gasteiger partial charge in [-0.15, -0.1) is 0 Å². The molecule has 1 amide bonds. The van der Waals surface area contributed by atoms with Crippen molar-refractivity contribution in [1.29, 1.82) is 0 Å². The summed E-state index contributed by atoms with van der Waals surface area (Å²) in [6.07, 6.45) is 4.31. The first-order valence-corrected chi connectivity index (χ1v) is 4.78. The van der Waals surface area contributed by atoms with Crippen molar-refractivity contribution in [2.75, 3.05) is 11.1 Å². The van der Waals surface area contributed by atoms with E-state index in [2.05, 4.69) is 15.3 Å². The second kappa shape index (κ2) is 4.56. The third-order valence-corrected chi connectivity index (χ3v) is 1.99. The molecule has 1 heterocycles. The van der Waals surface area contributed by atoms with Gasteiger partial charge in [-0.3, -0.25) is 9.78 Å². The fourth-order valence-electron chi connectivity index (χ4n) is 1.30. The van der Waals surface area contributed by atoms with Gasteiger partial charge in [-0.1, -0.05) is 0 Å². The molecule has 3 N–H and O–H groups in total. The van der Waals surface area contributed by atoms with Gasteiger partial charge < -0.3 is 11.1 Å². The Morgan fingerprint density at radius 1 is 1.29 bits per heavy atom. The Morgan fingerprint density at radius 3 is 2.76 bits per heavy atom. The number of aromatic nitrogens is 2. The molecule has 0 aliphatic rings. The first-order valence-electron chi connectivity index (χ1n) is 4.78. The number of nitrogens with two attached hydrogens (primary N) is 1. The average molecular weight is 232 g/mol. The summed E-state index contributed by atoms with van der Waals surface area (Å²) in [7, 11) is 0. The molecule has 0 saturated heterocycles. The minimum absolute atomic E-state index is 0.133. The first-order chi connectivity index (χ1) is 8.15. The van der Waals surface area contributed by atoms with Crippen molar-refractivity contribution in [2.45, 2.75) is 0 Å². The van der Waals surface area contributed by atoms with E-state index in [1.165, 1.54) is 24.7 Å². The van der Waals surface area contributed by atoms with Gasteiger partial charge in [0.1, 0.15) is 5.82 Å². The molecule has 0 fully saturated rings. The quantitative estimate of drug-likeness (QED) is 0.768. The Hall–Kier alpha value is -2.50. The molecule has 0 radical (unpaired) electrons. The van der Waals surface area contributed by atoms with Crippen LogP contribution >= 0.6 is 0 Å². The van der Waals surface area contributed by atoms with Crippen molar-refractivity contribution < 1.29 is 9.18 Å². The molecule has 5 nitrogen and oxygen atoms in total. The maximum absolute atomic E-state index is 13.0. The summed E-state index contributed by atoms with van der Waals surface area (Å²) in [6, 6.07) is 3.62. The summed E-state index contributed by atoms with van der Waals surface area (Å²) in [5.41, 5.74) is 5.76. The lowest BCUT2D eigenvalue weighted by atomic mass is 10.2. The van der Waals surface area contributed by atoms with Crippen molar-refractivity contribution in [2.24, 2.45) is 0 Å².